The topological polar surface area (TPSA) is 53.1 Å². The van der Waals surface area contributed by atoms with Gasteiger partial charge in [0.05, 0.1) is 0 Å². The average Bonchev–Trinajstić information content (AvgIpc) is 2.37. The lowest BCUT2D eigenvalue weighted by Gasteiger charge is -2.20. The summed E-state index contributed by atoms with van der Waals surface area (Å²) < 4.78 is 0. The minimum absolute atomic E-state index is 0.400. The molecule has 5 heteroatoms. The van der Waals surface area contributed by atoms with Crippen LogP contribution in [0.1, 0.15) is 32.8 Å². The van der Waals surface area contributed by atoms with E-state index in [4.69, 9.17) is 0 Å². The van der Waals surface area contributed by atoms with E-state index in [1.807, 2.05) is 0 Å². The highest BCUT2D eigenvalue weighted by Crippen LogP contribution is 2.21. The summed E-state index contributed by atoms with van der Waals surface area (Å²) in [4.78, 5) is 10.9. The Morgan fingerprint density at radius 1 is 1.21 bits per heavy atom. The summed E-state index contributed by atoms with van der Waals surface area (Å²) >= 11 is 0. The summed E-state index contributed by atoms with van der Waals surface area (Å²) in [5, 5.41) is 6.79. The van der Waals surface area contributed by atoms with Gasteiger partial charge in [0.25, 0.3) is 0 Å². The van der Waals surface area contributed by atoms with Crippen molar-refractivity contribution in [2.75, 3.05) is 37.8 Å². The van der Waals surface area contributed by atoms with Gasteiger partial charge in [-0.05, 0) is 47.3 Å². The van der Waals surface area contributed by atoms with E-state index in [2.05, 4.69) is 60.4 Å². The first-order chi connectivity index (χ1) is 9.08. The molecule has 0 amide bonds. The predicted molar refractivity (Wildman–Crippen MR) is 81.8 cm³/mol. The second-order valence-corrected chi connectivity index (χ2v) is 5.07. The Kier molecular flexibility index (Phi) is 6.56. The molecule has 1 heterocycles. The predicted octanol–water partition coefficient (Wildman–Crippen LogP) is 2.22. The number of nitrogens with one attached hydrogen (secondary N) is 2. The largest absolute Gasteiger partial charge is 0.370 e. The van der Waals surface area contributed by atoms with Gasteiger partial charge in [0, 0.05) is 18.2 Å². The van der Waals surface area contributed by atoms with E-state index in [-0.39, 0.29) is 0 Å². The summed E-state index contributed by atoms with van der Waals surface area (Å²) in [6.45, 7) is 8.35. The van der Waals surface area contributed by atoms with Crippen molar-refractivity contribution in [2.45, 2.75) is 39.7 Å². The molecule has 1 aromatic heterocycles. The molecule has 0 radical (unpaired) electrons. The lowest BCUT2D eigenvalue weighted by Crippen LogP contribution is -2.24. The minimum Gasteiger partial charge on any atom is -0.370 e. The Morgan fingerprint density at radius 3 is 2.47 bits per heavy atom. The quantitative estimate of drug-likeness (QED) is 0.755. The lowest BCUT2D eigenvalue weighted by molar-refractivity contribution is 0.390. The fourth-order valence-electron chi connectivity index (χ4n) is 1.95. The summed E-state index contributed by atoms with van der Waals surface area (Å²) in [7, 11) is 4.19. The van der Waals surface area contributed by atoms with Gasteiger partial charge in [0.1, 0.15) is 18.0 Å². The van der Waals surface area contributed by atoms with Gasteiger partial charge in [-0.2, -0.15) is 0 Å². The van der Waals surface area contributed by atoms with Gasteiger partial charge in [-0.15, -0.1) is 0 Å². The van der Waals surface area contributed by atoms with Gasteiger partial charge < -0.3 is 15.5 Å². The Labute approximate surface area is 116 Å². The number of hydrogen-bond donors (Lipinski definition) is 2. The zero-order valence-electron chi connectivity index (χ0n) is 12.8. The molecular formula is C14H27N5. The molecule has 0 fully saturated rings. The van der Waals surface area contributed by atoms with Crippen LogP contribution in [0.4, 0.5) is 11.6 Å². The van der Waals surface area contributed by atoms with Gasteiger partial charge in [0.2, 0.25) is 0 Å². The third-order valence-corrected chi connectivity index (χ3v) is 3.04. The van der Waals surface area contributed by atoms with Crippen molar-refractivity contribution < 1.29 is 0 Å². The highest BCUT2D eigenvalue weighted by Gasteiger charge is 2.11. The molecule has 1 atom stereocenters. The maximum absolute atomic E-state index is 4.38. The molecular weight excluding hydrogens is 238 g/mol. The van der Waals surface area contributed by atoms with E-state index >= 15 is 0 Å². The third-order valence-electron chi connectivity index (χ3n) is 3.04. The average molecular weight is 265 g/mol. The fourth-order valence-corrected chi connectivity index (χ4v) is 1.95. The summed E-state index contributed by atoms with van der Waals surface area (Å²) in [5.41, 5.74) is 1.17. The molecule has 5 nitrogen and oxygen atoms in total. The summed E-state index contributed by atoms with van der Waals surface area (Å²) in [6.07, 6.45) is 3.64. The zero-order chi connectivity index (χ0) is 14.3. The van der Waals surface area contributed by atoms with Crippen LogP contribution in [0.3, 0.4) is 0 Å². The van der Waals surface area contributed by atoms with Crippen LogP contribution in [0.2, 0.25) is 0 Å². The summed E-state index contributed by atoms with van der Waals surface area (Å²) in [6, 6.07) is 0.400. The van der Waals surface area contributed by atoms with Gasteiger partial charge >= 0.3 is 0 Å². The first kappa shape index (κ1) is 15.7. The van der Waals surface area contributed by atoms with Crippen LogP contribution in [-0.2, 0) is 6.42 Å². The normalized spacial score (nSPS) is 12.5. The molecule has 0 saturated heterocycles. The number of hydrogen-bond acceptors (Lipinski definition) is 5. The molecule has 0 bridgehead atoms. The van der Waals surface area contributed by atoms with E-state index in [0.29, 0.717) is 6.04 Å². The maximum atomic E-state index is 4.38. The smallest absolute Gasteiger partial charge is 0.134 e. The molecule has 0 saturated carbocycles. The van der Waals surface area contributed by atoms with Crippen molar-refractivity contribution in [2.24, 2.45) is 0 Å². The van der Waals surface area contributed by atoms with Crippen molar-refractivity contribution in [3.05, 3.63) is 11.9 Å². The standard InChI is InChI=1S/C14H27N5/c1-6-12-13(15-7-2)16-10-17-14(12)18-11(3)8-9-19(4)5/h10-11H,6-9H2,1-5H3,(H2,15,16,17,18). The van der Waals surface area contributed by atoms with Crippen LogP contribution in [0, 0.1) is 0 Å². The number of nitrogens with zero attached hydrogens (tertiary/aromatic N) is 3. The fraction of sp³-hybridized carbons (Fsp3) is 0.714. The van der Waals surface area contributed by atoms with Crippen molar-refractivity contribution >= 4 is 11.6 Å². The molecule has 0 aliphatic heterocycles. The number of rotatable bonds is 8. The Balaban J connectivity index is 2.73. The van der Waals surface area contributed by atoms with E-state index in [9.17, 15) is 0 Å². The zero-order valence-corrected chi connectivity index (χ0v) is 12.8. The molecule has 1 aromatic rings. The van der Waals surface area contributed by atoms with Crippen LogP contribution < -0.4 is 10.6 Å². The van der Waals surface area contributed by atoms with E-state index in [1.165, 1.54) is 5.56 Å². The minimum atomic E-state index is 0.400. The van der Waals surface area contributed by atoms with E-state index < -0.39 is 0 Å². The van der Waals surface area contributed by atoms with Gasteiger partial charge in [0.15, 0.2) is 0 Å². The molecule has 108 valence electrons. The Hall–Kier alpha value is -1.36. The van der Waals surface area contributed by atoms with Crippen LogP contribution in [0.25, 0.3) is 0 Å². The number of aromatic nitrogens is 2. The number of anilines is 2. The molecule has 0 spiro atoms. The van der Waals surface area contributed by atoms with Crippen LogP contribution >= 0.6 is 0 Å². The Bertz CT molecular complexity index is 378. The van der Waals surface area contributed by atoms with E-state index in [1.54, 1.807) is 6.33 Å². The lowest BCUT2D eigenvalue weighted by atomic mass is 10.1. The maximum Gasteiger partial charge on any atom is 0.134 e. The Morgan fingerprint density at radius 2 is 1.89 bits per heavy atom. The molecule has 0 aliphatic carbocycles. The van der Waals surface area contributed by atoms with Gasteiger partial charge in [-0.3, -0.25) is 0 Å². The molecule has 0 aromatic carbocycles. The summed E-state index contributed by atoms with van der Waals surface area (Å²) in [5.74, 6) is 1.90. The third kappa shape index (κ3) is 5.03. The second kappa shape index (κ2) is 7.94. The molecule has 2 N–H and O–H groups in total. The molecule has 0 aliphatic rings. The van der Waals surface area contributed by atoms with Crippen molar-refractivity contribution in [3.8, 4) is 0 Å². The van der Waals surface area contributed by atoms with Crippen LogP contribution in [-0.4, -0.2) is 48.1 Å². The molecule has 1 rings (SSSR count). The van der Waals surface area contributed by atoms with Crippen molar-refractivity contribution in [1.82, 2.24) is 14.9 Å². The monoisotopic (exact) mass is 265 g/mol. The molecule has 19 heavy (non-hydrogen) atoms. The van der Waals surface area contributed by atoms with Crippen molar-refractivity contribution in [3.63, 3.8) is 0 Å². The SMILES string of the molecule is CCNc1ncnc(NC(C)CCN(C)C)c1CC. The molecule has 1 unspecified atom stereocenters. The van der Waals surface area contributed by atoms with Crippen molar-refractivity contribution in [1.29, 1.82) is 0 Å². The van der Waals surface area contributed by atoms with E-state index in [0.717, 1.165) is 37.6 Å². The highest BCUT2D eigenvalue weighted by molar-refractivity contribution is 5.57. The van der Waals surface area contributed by atoms with Crippen LogP contribution in [0.5, 0.6) is 0 Å². The van der Waals surface area contributed by atoms with Crippen LogP contribution in [0.15, 0.2) is 6.33 Å². The first-order valence-electron chi connectivity index (χ1n) is 7.07. The van der Waals surface area contributed by atoms with Gasteiger partial charge in [-0.1, -0.05) is 6.92 Å². The van der Waals surface area contributed by atoms with Gasteiger partial charge in [-0.25, -0.2) is 9.97 Å². The first-order valence-corrected chi connectivity index (χ1v) is 7.07. The second-order valence-electron chi connectivity index (χ2n) is 5.07. The highest BCUT2D eigenvalue weighted by atomic mass is 15.1.